The molecule has 1 N–H and O–H groups in total. The fourth-order valence-corrected chi connectivity index (χ4v) is 4.92. The third-order valence-corrected chi connectivity index (χ3v) is 6.93. The highest BCUT2D eigenvalue weighted by Crippen LogP contribution is 2.39. The van der Waals surface area contributed by atoms with Crippen LogP contribution >= 0.6 is 0 Å². The molecule has 0 unspecified atom stereocenters. The molecule has 2 heterocycles. The van der Waals surface area contributed by atoms with Gasteiger partial charge in [0.05, 0.1) is 23.2 Å². The lowest BCUT2D eigenvalue weighted by molar-refractivity contribution is -0.147. The van der Waals surface area contributed by atoms with Gasteiger partial charge in [-0.15, -0.1) is 0 Å². The molecule has 1 aromatic carbocycles. The van der Waals surface area contributed by atoms with Gasteiger partial charge in [-0.05, 0) is 73.8 Å². The monoisotopic (exact) mass is 410 g/mol. The molecule has 1 aromatic heterocycles. The quantitative estimate of drug-likeness (QED) is 0.748. The van der Waals surface area contributed by atoms with Crippen molar-refractivity contribution in [3.05, 3.63) is 35.5 Å². The van der Waals surface area contributed by atoms with Crippen molar-refractivity contribution in [3.8, 4) is 5.75 Å². The number of carboxylic acids is 1. The van der Waals surface area contributed by atoms with Gasteiger partial charge in [0.25, 0.3) is 0 Å². The van der Waals surface area contributed by atoms with Crippen LogP contribution in [0.25, 0.3) is 10.9 Å². The molecule has 30 heavy (non-hydrogen) atoms. The number of ether oxygens (including phenoxy) is 1. The third kappa shape index (κ3) is 4.61. The molecule has 0 amide bonds. The first-order valence-electron chi connectivity index (χ1n) is 11.2. The van der Waals surface area contributed by atoms with Crippen LogP contribution in [0.4, 0.5) is 0 Å². The van der Waals surface area contributed by atoms with Gasteiger partial charge >= 0.3 is 5.97 Å². The zero-order valence-corrected chi connectivity index (χ0v) is 18.6. The topological polar surface area (TPSA) is 62.7 Å². The average molecular weight is 411 g/mol. The SMILES string of the molecule is Cc1cc(CN2CC(C(=O)O)C2)nc2ccc(O[C@H]3CC[C@H](C(C)(C)C)CC3)cc12. The zero-order chi connectivity index (χ0) is 21.5. The summed E-state index contributed by atoms with van der Waals surface area (Å²) < 4.78 is 6.34. The molecule has 0 atom stereocenters. The number of hydrogen-bond donors (Lipinski definition) is 1. The molecule has 1 aliphatic carbocycles. The van der Waals surface area contributed by atoms with Crippen LogP contribution in [0.2, 0.25) is 0 Å². The molecule has 0 bridgehead atoms. The number of hydrogen-bond acceptors (Lipinski definition) is 4. The fraction of sp³-hybridized carbons (Fsp3) is 0.600. The summed E-state index contributed by atoms with van der Waals surface area (Å²) >= 11 is 0. The van der Waals surface area contributed by atoms with Crippen molar-refractivity contribution < 1.29 is 14.6 Å². The first kappa shape index (κ1) is 21.1. The standard InChI is InChI=1S/C25H34N2O3/c1-16-11-19(15-27-13-17(14-27)24(28)29)26-23-10-9-21(12-22(16)23)30-20-7-5-18(6-8-20)25(2,3)4/h9-12,17-18,20H,5-8,13-15H2,1-4H3,(H,28,29)/t18-,20-. The van der Waals surface area contributed by atoms with Crippen LogP contribution in [0.15, 0.2) is 24.3 Å². The summed E-state index contributed by atoms with van der Waals surface area (Å²) in [6.45, 7) is 11.1. The second-order valence-electron chi connectivity index (χ2n) is 10.3. The fourth-order valence-electron chi connectivity index (χ4n) is 4.92. The summed E-state index contributed by atoms with van der Waals surface area (Å²) in [7, 11) is 0. The Labute approximate surface area is 179 Å². The summed E-state index contributed by atoms with van der Waals surface area (Å²) in [5.74, 6) is 0.792. The van der Waals surface area contributed by atoms with Crippen LogP contribution in [0.5, 0.6) is 5.75 Å². The average Bonchev–Trinajstić information content (AvgIpc) is 2.64. The maximum Gasteiger partial charge on any atom is 0.309 e. The highest BCUT2D eigenvalue weighted by molar-refractivity contribution is 5.83. The molecule has 2 fully saturated rings. The molecule has 162 valence electrons. The second-order valence-corrected chi connectivity index (χ2v) is 10.3. The highest BCUT2D eigenvalue weighted by atomic mass is 16.5. The van der Waals surface area contributed by atoms with E-state index in [1.165, 1.54) is 18.4 Å². The van der Waals surface area contributed by atoms with Gasteiger partial charge in [-0.1, -0.05) is 20.8 Å². The third-order valence-electron chi connectivity index (χ3n) is 6.93. The predicted octanol–water partition coefficient (Wildman–Crippen LogP) is 5.04. The van der Waals surface area contributed by atoms with Gasteiger partial charge in [0, 0.05) is 25.0 Å². The van der Waals surface area contributed by atoms with E-state index in [4.69, 9.17) is 14.8 Å². The molecule has 1 saturated heterocycles. The molecular formula is C25H34N2O3. The van der Waals surface area contributed by atoms with Gasteiger partial charge in [-0.25, -0.2) is 0 Å². The van der Waals surface area contributed by atoms with Crippen LogP contribution < -0.4 is 4.74 Å². The minimum Gasteiger partial charge on any atom is -0.490 e. The van der Waals surface area contributed by atoms with Gasteiger partial charge < -0.3 is 9.84 Å². The normalized spacial score (nSPS) is 23.3. The summed E-state index contributed by atoms with van der Waals surface area (Å²) in [4.78, 5) is 17.9. The molecule has 0 spiro atoms. The van der Waals surface area contributed by atoms with E-state index in [1.54, 1.807) is 0 Å². The van der Waals surface area contributed by atoms with E-state index >= 15 is 0 Å². The Hall–Kier alpha value is -2.14. The molecule has 4 rings (SSSR count). The molecule has 1 saturated carbocycles. The number of pyridine rings is 1. The van der Waals surface area contributed by atoms with Crippen LogP contribution in [-0.4, -0.2) is 40.2 Å². The van der Waals surface area contributed by atoms with Gasteiger partial charge in [0.1, 0.15) is 5.75 Å². The number of rotatable bonds is 5. The largest absolute Gasteiger partial charge is 0.490 e. The molecule has 2 aliphatic rings. The van der Waals surface area contributed by atoms with Gasteiger partial charge in [0.15, 0.2) is 0 Å². The Morgan fingerprint density at radius 2 is 1.87 bits per heavy atom. The molecule has 1 aliphatic heterocycles. The number of aliphatic carboxylic acids is 1. The van der Waals surface area contributed by atoms with E-state index in [0.717, 1.165) is 41.1 Å². The van der Waals surface area contributed by atoms with Crippen LogP contribution in [0.1, 0.15) is 57.7 Å². The Kier molecular flexibility index (Phi) is 5.75. The first-order chi connectivity index (χ1) is 14.2. The number of nitrogens with zero attached hydrogens (tertiary/aromatic N) is 2. The van der Waals surface area contributed by atoms with Crippen LogP contribution in [0.3, 0.4) is 0 Å². The van der Waals surface area contributed by atoms with E-state index in [2.05, 4.69) is 50.8 Å². The number of likely N-dealkylation sites (tertiary alicyclic amines) is 1. The van der Waals surface area contributed by atoms with E-state index < -0.39 is 5.97 Å². The van der Waals surface area contributed by atoms with Gasteiger partial charge in [-0.2, -0.15) is 0 Å². The Bertz CT molecular complexity index is 920. The molecule has 5 heteroatoms. The van der Waals surface area contributed by atoms with Crippen molar-refractivity contribution in [2.24, 2.45) is 17.3 Å². The van der Waals surface area contributed by atoms with Crippen molar-refractivity contribution in [1.82, 2.24) is 9.88 Å². The Balaban J connectivity index is 1.40. The van der Waals surface area contributed by atoms with E-state index in [1.807, 2.05) is 6.07 Å². The summed E-state index contributed by atoms with van der Waals surface area (Å²) in [5, 5.41) is 10.2. The first-order valence-corrected chi connectivity index (χ1v) is 11.2. The van der Waals surface area contributed by atoms with Crippen molar-refractivity contribution in [3.63, 3.8) is 0 Å². The summed E-state index contributed by atoms with van der Waals surface area (Å²) in [6.07, 6.45) is 5.05. The maximum atomic E-state index is 11.0. The molecule has 0 radical (unpaired) electrons. The Morgan fingerprint density at radius 1 is 1.17 bits per heavy atom. The van der Waals surface area contributed by atoms with Crippen molar-refractivity contribution >= 4 is 16.9 Å². The molecule has 2 aromatic rings. The number of aromatic nitrogens is 1. The molecule has 5 nitrogen and oxygen atoms in total. The lowest BCUT2D eigenvalue weighted by Gasteiger charge is -2.37. The van der Waals surface area contributed by atoms with Crippen molar-refractivity contribution in [2.45, 2.75) is 66.0 Å². The van der Waals surface area contributed by atoms with Crippen molar-refractivity contribution in [2.75, 3.05) is 13.1 Å². The number of aryl methyl sites for hydroxylation is 1. The minimum absolute atomic E-state index is 0.232. The number of benzene rings is 1. The minimum atomic E-state index is -0.701. The van der Waals surface area contributed by atoms with E-state index in [9.17, 15) is 4.79 Å². The highest BCUT2D eigenvalue weighted by Gasteiger charge is 2.32. The summed E-state index contributed by atoms with van der Waals surface area (Å²) in [5.41, 5.74) is 3.55. The van der Waals surface area contributed by atoms with E-state index in [-0.39, 0.29) is 5.92 Å². The predicted molar refractivity (Wildman–Crippen MR) is 119 cm³/mol. The van der Waals surface area contributed by atoms with E-state index in [0.29, 0.717) is 31.2 Å². The van der Waals surface area contributed by atoms with Crippen molar-refractivity contribution in [1.29, 1.82) is 0 Å². The molecular weight excluding hydrogens is 376 g/mol. The number of carbonyl (C=O) groups is 1. The van der Waals surface area contributed by atoms with Crippen LogP contribution in [-0.2, 0) is 11.3 Å². The smallest absolute Gasteiger partial charge is 0.309 e. The van der Waals surface area contributed by atoms with Crippen LogP contribution in [0, 0.1) is 24.2 Å². The number of fused-ring (bicyclic) bond motifs is 1. The lowest BCUT2D eigenvalue weighted by Crippen LogP contribution is -2.49. The summed E-state index contributed by atoms with van der Waals surface area (Å²) in [6, 6.07) is 8.34. The van der Waals surface area contributed by atoms with Gasteiger partial charge in [-0.3, -0.25) is 14.7 Å². The number of carboxylic acid groups (broad SMARTS) is 1. The maximum absolute atomic E-state index is 11.0. The zero-order valence-electron chi connectivity index (χ0n) is 18.6. The second kappa shape index (κ2) is 8.18. The lowest BCUT2D eigenvalue weighted by atomic mass is 9.72. The Morgan fingerprint density at radius 3 is 2.50 bits per heavy atom. The van der Waals surface area contributed by atoms with Gasteiger partial charge in [0.2, 0.25) is 0 Å².